The van der Waals surface area contributed by atoms with E-state index in [1.807, 2.05) is 0 Å². The lowest BCUT2D eigenvalue weighted by Crippen LogP contribution is -2.38. The summed E-state index contributed by atoms with van der Waals surface area (Å²) in [5, 5.41) is 2.69. The number of rotatable bonds is 7. The van der Waals surface area contributed by atoms with Gasteiger partial charge in [0.05, 0.1) is 10.6 Å². The molecule has 11 heteroatoms. The quantitative estimate of drug-likeness (QED) is 0.506. The number of hydrogen-bond donors (Lipinski definition) is 1. The van der Waals surface area contributed by atoms with Gasteiger partial charge in [0.2, 0.25) is 11.8 Å². The number of benzene rings is 3. The molecule has 0 radical (unpaired) electrons. The summed E-state index contributed by atoms with van der Waals surface area (Å²) in [5.74, 6) is -0.379. The number of fused-ring (bicyclic) bond motifs is 1. The van der Waals surface area contributed by atoms with E-state index in [0.717, 1.165) is 28.5 Å². The first-order valence-corrected chi connectivity index (χ1v) is 13.1. The molecule has 0 aromatic heterocycles. The van der Waals surface area contributed by atoms with Gasteiger partial charge in [-0.15, -0.1) is 0 Å². The predicted octanol–water partition coefficient (Wildman–Crippen LogP) is 3.56. The molecule has 2 aliphatic rings. The average molecular weight is 526 g/mol. The molecule has 0 unspecified atom stereocenters. The number of carbonyl (C=O) groups is 2. The molecule has 9 nitrogen and oxygen atoms in total. The standard InChI is InChI=1S/C26H24FN3O6S/c27-18-3-7-21(8-4-18)30(37(33,34)22-11-12-23-24(16-22)36-15-14-35-23)17-25(31)28-19-5-9-20(10-6-19)29-13-1-2-26(29)32/h3-12,16H,1-2,13-15,17H2,(H,28,31). The zero-order chi connectivity index (χ0) is 26.0. The molecule has 1 fully saturated rings. The van der Waals surface area contributed by atoms with Crippen molar-refractivity contribution in [1.82, 2.24) is 0 Å². The Morgan fingerprint density at radius 3 is 2.35 bits per heavy atom. The van der Waals surface area contributed by atoms with Gasteiger partial charge in [0.15, 0.2) is 11.5 Å². The van der Waals surface area contributed by atoms with E-state index in [4.69, 9.17) is 9.47 Å². The largest absolute Gasteiger partial charge is 0.486 e. The van der Waals surface area contributed by atoms with Gasteiger partial charge in [0, 0.05) is 30.4 Å². The maximum absolute atomic E-state index is 13.6. The maximum Gasteiger partial charge on any atom is 0.264 e. The lowest BCUT2D eigenvalue weighted by molar-refractivity contribution is -0.117. The zero-order valence-corrected chi connectivity index (χ0v) is 20.5. The molecule has 0 aliphatic carbocycles. The van der Waals surface area contributed by atoms with Gasteiger partial charge in [-0.05, 0) is 67.1 Å². The second-order valence-corrected chi connectivity index (χ2v) is 10.4. The predicted molar refractivity (Wildman–Crippen MR) is 135 cm³/mol. The van der Waals surface area contributed by atoms with E-state index in [1.54, 1.807) is 29.2 Å². The van der Waals surface area contributed by atoms with Gasteiger partial charge < -0.3 is 19.7 Å². The van der Waals surface area contributed by atoms with Crippen LogP contribution in [0.1, 0.15) is 12.8 Å². The molecule has 0 saturated carbocycles. The minimum absolute atomic E-state index is 0.0519. The van der Waals surface area contributed by atoms with Gasteiger partial charge >= 0.3 is 0 Å². The normalized spacial score (nSPS) is 14.9. The van der Waals surface area contributed by atoms with Gasteiger partial charge in [0.1, 0.15) is 25.6 Å². The summed E-state index contributed by atoms with van der Waals surface area (Å²) in [5.41, 5.74) is 1.29. The Balaban J connectivity index is 1.38. The van der Waals surface area contributed by atoms with Crippen molar-refractivity contribution in [2.24, 2.45) is 0 Å². The van der Waals surface area contributed by atoms with Gasteiger partial charge in [0.25, 0.3) is 10.0 Å². The lowest BCUT2D eigenvalue weighted by Gasteiger charge is -2.25. The third-order valence-corrected chi connectivity index (χ3v) is 7.81. The van der Waals surface area contributed by atoms with Crippen LogP contribution in [0.2, 0.25) is 0 Å². The number of anilines is 3. The summed E-state index contributed by atoms with van der Waals surface area (Å²) in [6.07, 6.45) is 1.31. The molecule has 3 aromatic carbocycles. The molecule has 5 rings (SSSR count). The summed E-state index contributed by atoms with van der Waals surface area (Å²) in [6, 6.07) is 15.8. The van der Waals surface area contributed by atoms with Crippen LogP contribution in [-0.2, 0) is 19.6 Å². The first-order chi connectivity index (χ1) is 17.8. The number of sulfonamides is 1. The summed E-state index contributed by atoms with van der Waals surface area (Å²) >= 11 is 0. The van der Waals surface area contributed by atoms with Crippen LogP contribution in [0.25, 0.3) is 0 Å². The van der Waals surface area contributed by atoms with Crippen LogP contribution in [0.4, 0.5) is 21.5 Å². The van der Waals surface area contributed by atoms with Crippen molar-refractivity contribution in [3.05, 3.63) is 72.5 Å². The van der Waals surface area contributed by atoms with Crippen LogP contribution in [0.15, 0.2) is 71.6 Å². The molecule has 1 N–H and O–H groups in total. The van der Waals surface area contributed by atoms with Gasteiger partial charge in [-0.25, -0.2) is 12.8 Å². The number of amides is 2. The molecule has 2 heterocycles. The summed E-state index contributed by atoms with van der Waals surface area (Å²) in [6.45, 7) is 0.727. The van der Waals surface area contributed by atoms with Crippen molar-refractivity contribution in [1.29, 1.82) is 0 Å². The minimum Gasteiger partial charge on any atom is -0.486 e. The third-order valence-electron chi connectivity index (χ3n) is 6.04. The van der Waals surface area contributed by atoms with Gasteiger partial charge in [-0.1, -0.05) is 0 Å². The first-order valence-electron chi connectivity index (χ1n) is 11.7. The van der Waals surface area contributed by atoms with E-state index in [1.165, 1.54) is 30.3 Å². The van der Waals surface area contributed by atoms with Crippen molar-refractivity contribution < 1.29 is 31.9 Å². The molecule has 2 aliphatic heterocycles. The Bertz CT molecular complexity index is 1430. The Labute approximate surface area is 213 Å². The highest BCUT2D eigenvalue weighted by Crippen LogP contribution is 2.34. The van der Waals surface area contributed by atoms with Crippen molar-refractivity contribution in [2.45, 2.75) is 17.7 Å². The van der Waals surface area contributed by atoms with Crippen LogP contribution in [-0.4, -0.2) is 46.5 Å². The molecular formula is C26H24FN3O6S. The molecule has 192 valence electrons. The van der Waals surface area contributed by atoms with E-state index < -0.39 is 28.3 Å². The fourth-order valence-electron chi connectivity index (χ4n) is 4.21. The first kappa shape index (κ1) is 24.6. The molecule has 0 bridgehead atoms. The SMILES string of the molecule is O=C(CN(c1ccc(F)cc1)S(=O)(=O)c1ccc2c(c1)OCCO2)Nc1ccc(N2CCCC2=O)cc1. The van der Waals surface area contributed by atoms with Crippen molar-refractivity contribution >= 4 is 38.9 Å². The number of halogens is 1. The van der Waals surface area contributed by atoms with E-state index in [-0.39, 0.29) is 28.8 Å². The highest BCUT2D eigenvalue weighted by molar-refractivity contribution is 7.92. The molecule has 1 saturated heterocycles. The summed E-state index contributed by atoms with van der Waals surface area (Å²) < 4.78 is 52.7. The maximum atomic E-state index is 13.6. The molecular weight excluding hydrogens is 501 g/mol. The fraction of sp³-hybridized carbons (Fsp3) is 0.231. The van der Waals surface area contributed by atoms with E-state index in [9.17, 15) is 22.4 Å². The Morgan fingerprint density at radius 1 is 0.973 bits per heavy atom. The number of nitrogens with one attached hydrogen (secondary N) is 1. The molecule has 37 heavy (non-hydrogen) atoms. The Hall–Kier alpha value is -4.12. The van der Waals surface area contributed by atoms with Crippen LogP contribution >= 0.6 is 0 Å². The van der Waals surface area contributed by atoms with Crippen molar-refractivity contribution in [2.75, 3.05) is 40.8 Å². The van der Waals surface area contributed by atoms with Gasteiger partial charge in [-0.2, -0.15) is 0 Å². The number of nitrogens with zero attached hydrogens (tertiary/aromatic N) is 2. The number of ether oxygens (including phenoxy) is 2. The third kappa shape index (κ3) is 5.21. The topological polar surface area (TPSA) is 105 Å². The van der Waals surface area contributed by atoms with Crippen LogP contribution in [0.5, 0.6) is 11.5 Å². The van der Waals surface area contributed by atoms with Crippen LogP contribution in [0.3, 0.4) is 0 Å². The highest BCUT2D eigenvalue weighted by Gasteiger charge is 2.29. The van der Waals surface area contributed by atoms with Gasteiger partial charge in [-0.3, -0.25) is 13.9 Å². The van der Waals surface area contributed by atoms with Crippen molar-refractivity contribution in [3.63, 3.8) is 0 Å². The monoisotopic (exact) mass is 525 g/mol. The second kappa shape index (κ2) is 10.1. The summed E-state index contributed by atoms with van der Waals surface area (Å²) in [7, 11) is -4.24. The lowest BCUT2D eigenvalue weighted by atomic mass is 10.2. The fourth-order valence-corrected chi connectivity index (χ4v) is 5.65. The summed E-state index contributed by atoms with van der Waals surface area (Å²) in [4.78, 5) is 26.5. The molecule has 0 spiro atoms. The second-order valence-electron chi connectivity index (χ2n) is 8.54. The number of carbonyl (C=O) groups excluding carboxylic acids is 2. The van der Waals surface area contributed by atoms with Crippen LogP contribution in [0, 0.1) is 5.82 Å². The molecule has 2 amide bonds. The van der Waals surface area contributed by atoms with E-state index >= 15 is 0 Å². The smallest absolute Gasteiger partial charge is 0.264 e. The average Bonchev–Trinajstić information content (AvgIpc) is 3.33. The van der Waals surface area contributed by atoms with Crippen LogP contribution < -0.4 is 24.0 Å². The van der Waals surface area contributed by atoms with E-state index in [2.05, 4.69) is 5.32 Å². The van der Waals surface area contributed by atoms with E-state index in [0.29, 0.717) is 31.0 Å². The Morgan fingerprint density at radius 2 is 1.68 bits per heavy atom. The molecule has 0 atom stereocenters. The minimum atomic E-state index is -4.24. The van der Waals surface area contributed by atoms with Crippen molar-refractivity contribution in [3.8, 4) is 11.5 Å². The Kier molecular flexibility index (Phi) is 6.70. The zero-order valence-electron chi connectivity index (χ0n) is 19.7. The number of hydrogen-bond acceptors (Lipinski definition) is 6. The molecule has 3 aromatic rings. The highest BCUT2D eigenvalue weighted by atomic mass is 32.2.